The van der Waals surface area contributed by atoms with Crippen LogP contribution in [0.3, 0.4) is 0 Å². The van der Waals surface area contributed by atoms with Crippen LogP contribution in [0.2, 0.25) is 0 Å². The predicted octanol–water partition coefficient (Wildman–Crippen LogP) is 5.44. The molecule has 0 saturated carbocycles. The van der Waals surface area contributed by atoms with E-state index in [-0.39, 0.29) is 41.9 Å². The van der Waals surface area contributed by atoms with Gasteiger partial charge in [-0.25, -0.2) is 4.79 Å². The van der Waals surface area contributed by atoms with Crippen LogP contribution in [0.4, 0.5) is 4.79 Å². The van der Waals surface area contributed by atoms with Gasteiger partial charge < -0.3 is 25.4 Å². The Hall–Kier alpha value is -3.93. The number of carbonyl (C=O) groups is 3. The van der Waals surface area contributed by atoms with E-state index in [2.05, 4.69) is 9.71 Å². The summed E-state index contributed by atoms with van der Waals surface area (Å²) in [5.41, 5.74) is 9.46. The van der Waals surface area contributed by atoms with Crippen LogP contribution in [0, 0.1) is 20.8 Å². The molecule has 1 aliphatic rings. The molecule has 3 N–H and O–H groups in total. The van der Waals surface area contributed by atoms with E-state index in [0.29, 0.717) is 56.3 Å². The van der Waals surface area contributed by atoms with E-state index in [1.54, 1.807) is 18.7 Å². The first-order valence-corrected chi connectivity index (χ1v) is 17.7. The number of amidine groups is 1. The molecule has 11 nitrogen and oxygen atoms in total. The number of carbonyl (C=O) groups excluding carboxylic acids is 3. The van der Waals surface area contributed by atoms with E-state index in [0.717, 1.165) is 22.4 Å². The van der Waals surface area contributed by atoms with Crippen molar-refractivity contribution in [2.24, 2.45) is 10.1 Å². The summed E-state index contributed by atoms with van der Waals surface area (Å²) in [7, 11) is -4.07. The summed E-state index contributed by atoms with van der Waals surface area (Å²) in [6.45, 7) is 13.5. The molecule has 258 valence electrons. The number of unbranched alkanes of at least 4 members (excludes halogenated alkanes) is 1. The fourth-order valence-electron chi connectivity index (χ4n) is 5.90. The fourth-order valence-corrected chi connectivity index (χ4v) is 7.44. The van der Waals surface area contributed by atoms with E-state index in [1.165, 1.54) is 6.92 Å². The van der Waals surface area contributed by atoms with E-state index in [4.69, 9.17) is 15.2 Å². The minimum absolute atomic E-state index is 0.0141. The van der Waals surface area contributed by atoms with Gasteiger partial charge in [0, 0.05) is 44.8 Å². The molecule has 1 heterocycles. The zero-order valence-electron chi connectivity index (χ0n) is 28.8. The molecule has 2 aromatic rings. The first-order chi connectivity index (χ1) is 22.1. The molecule has 0 fully saturated rings. The molecule has 47 heavy (non-hydrogen) atoms. The summed E-state index contributed by atoms with van der Waals surface area (Å²) in [5.74, 6) is 0.274. The normalized spacial score (nSPS) is 14.6. The average Bonchev–Trinajstić information content (AvgIpc) is 3.34. The van der Waals surface area contributed by atoms with E-state index < -0.39 is 27.8 Å². The Balaban J connectivity index is 1.53. The van der Waals surface area contributed by atoms with Crippen molar-refractivity contribution in [2.45, 2.75) is 117 Å². The minimum Gasteiger partial charge on any atom is -0.487 e. The number of hydrogen-bond donors (Lipinski definition) is 2. The van der Waals surface area contributed by atoms with Crippen LogP contribution in [0.25, 0.3) is 0 Å². The van der Waals surface area contributed by atoms with Gasteiger partial charge in [0.05, 0.1) is 10.9 Å². The molecule has 0 radical (unpaired) electrons. The number of nitrogens with two attached hydrogens (primary N) is 1. The van der Waals surface area contributed by atoms with Crippen molar-refractivity contribution in [3.05, 3.63) is 58.1 Å². The summed E-state index contributed by atoms with van der Waals surface area (Å²) in [6, 6.07) is 8.70. The average molecular weight is 671 g/mol. The molecule has 0 aliphatic carbocycles. The SMILES string of the molecule is CCN(CCCC(=O)[C@H](CCCC/C(N)=N/S(=O)(=O)c1c(C)c(C)c2c(c1C)CC(C)(C)O2)NC(C)=O)C(=O)OCc1ccccc1. The van der Waals surface area contributed by atoms with Crippen LogP contribution in [-0.4, -0.2) is 61.7 Å². The lowest BCUT2D eigenvalue weighted by Crippen LogP contribution is -2.40. The van der Waals surface area contributed by atoms with Crippen LogP contribution >= 0.6 is 0 Å². The third-order valence-electron chi connectivity index (χ3n) is 8.43. The van der Waals surface area contributed by atoms with E-state index in [9.17, 15) is 22.8 Å². The van der Waals surface area contributed by atoms with Gasteiger partial charge in [0.2, 0.25) is 5.91 Å². The number of sulfonamides is 1. The minimum atomic E-state index is -4.07. The molecule has 1 atom stereocenters. The highest BCUT2D eigenvalue weighted by Crippen LogP contribution is 2.44. The van der Waals surface area contributed by atoms with Gasteiger partial charge in [-0.3, -0.25) is 9.59 Å². The lowest BCUT2D eigenvalue weighted by Gasteiger charge is -2.21. The van der Waals surface area contributed by atoms with Gasteiger partial charge in [0.1, 0.15) is 23.8 Å². The number of ether oxygens (including phenoxy) is 2. The molecule has 2 aromatic carbocycles. The largest absolute Gasteiger partial charge is 0.487 e. The van der Waals surface area contributed by atoms with Crippen molar-refractivity contribution in [3.63, 3.8) is 0 Å². The van der Waals surface area contributed by atoms with Crippen molar-refractivity contribution in [1.29, 1.82) is 0 Å². The highest BCUT2D eigenvalue weighted by atomic mass is 32.2. The molecule has 3 rings (SSSR count). The zero-order chi connectivity index (χ0) is 34.9. The Kier molecular flexibility index (Phi) is 13.0. The van der Waals surface area contributed by atoms with Crippen LogP contribution in [-0.2, 0) is 37.4 Å². The van der Waals surface area contributed by atoms with Gasteiger partial charge in [-0.1, -0.05) is 36.8 Å². The summed E-state index contributed by atoms with van der Waals surface area (Å²) in [6.07, 6.45) is 2.34. The Bertz CT molecular complexity index is 1590. The molecule has 0 bridgehead atoms. The molecule has 0 aromatic heterocycles. The maximum atomic E-state index is 13.4. The van der Waals surface area contributed by atoms with Gasteiger partial charge >= 0.3 is 6.09 Å². The number of Topliss-reactive ketones (excluding diaryl/α,β-unsaturated/α-hetero) is 1. The monoisotopic (exact) mass is 670 g/mol. The summed E-state index contributed by atoms with van der Waals surface area (Å²) in [4.78, 5) is 39.1. The number of ketones is 1. The maximum absolute atomic E-state index is 13.4. The Morgan fingerprint density at radius 3 is 2.36 bits per heavy atom. The molecule has 2 amide bonds. The quantitative estimate of drug-likeness (QED) is 0.136. The van der Waals surface area contributed by atoms with Gasteiger partial charge in [-0.2, -0.15) is 8.42 Å². The van der Waals surface area contributed by atoms with Crippen LogP contribution in [0.1, 0.15) is 94.0 Å². The first kappa shape index (κ1) is 37.5. The number of fused-ring (bicyclic) bond motifs is 1. The second-order valence-corrected chi connectivity index (χ2v) is 14.3. The van der Waals surface area contributed by atoms with Gasteiger partial charge in [0.15, 0.2) is 5.78 Å². The van der Waals surface area contributed by atoms with Crippen LogP contribution in [0.5, 0.6) is 5.75 Å². The predicted molar refractivity (Wildman–Crippen MR) is 182 cm³/mol. The zero-order valence-corrected chi connectivity index (χ0v) is 29.6. The molecule has 0 unspecified atom stereocenters. The molecular formula is C35H50N4O7S. The van der Waals surface area contributed by atoms with Crippen molar-refractivity contribution in [3.8, 4) is 5.75 Å². The van der Waals surface area contributed by atoms with E-state index in [1.807, 2.05) is 58.0 Å². The van der Waals surface area contributed by atoms with Gasteiger partial charge in [-0.05, 0) is 83.1 Å². The number of hydrogen-bond acceptors (Lipinski definition) is 7. The van der Waals surface area contributed by atoms with E-state index >= 15 is 0 Å². The van der Waals surface area contributed by atoms with Crippen molar-refractivity contribution < 1.29 is 32.3 Å². The van der Waals surface area contributed by atoms with Crippen LogP contribution in [0.15, 0.2) is 39.6 Å². The topological polar surface area (TPSA) is 157 Å². The highest BCUT2D eigenvalue weighted by Gasteiger charge is 2.36. The lowest BCUT2D eigenvalue weighted by molar-refractivity contribution is -0.127. The van der Waals surface area contributed by atoms with Crippen molar-refractivity contribution in [2.75, 3.05) is 13.1 Å². The van der Waals surface area contributed by atoms with Crippen molar-refractivity contribution >= 4 is 33.6 Å². The number of nitrogens with one attached hydrogen (secondary N) is 1. The third-order valence-corrected chi connectivity index (χ3v) is 10.0. The van der Waals surface area contributed by atoms with Crippen molar-refractivity contribution in [1.82, 2.24) is 10.2 Å². The standard InChI is InChI=1S/C35H50N4O7S/c1-8-39(34(42)45-22-27-15-10-9-11-16-27)20-14-18-30(41)29(37-26(5)40)17-12-13-19-31(36)38-47(43,44)33-24(3)23(2)32-28(25(33)4)21-35(6,7)46-32/h9-11,15-16,29H,8,12-14,17-22H2,1-7H3,(H2,36,38)(H,37,40)/t29-/m0/s1. The summed E-state index contributed by atoms with van der Waals surface area (Å²) >= 11 is 0. The van der Waals surface area contributed by atoms with Crippen LogP contribution < -0.4 is 15.8 Å². The maximum Gasteiger partial charge on any atom is 0.410 e. The first-order valence-electron chi connectivity index (χ1n) is 16.2. The second kappa shape index (κ2) is 16.3. The summed E-state index contributed by atoms with van der Waals surface area (Å²) in [5, 5.41) is 2.72. The Morgan fingerprint density at radius 1 is 1.04 bits per heavy atom. The number of rotatable bonds is 16. The number of nitrogens with zero attached hydrogens (tertiary/aromatic N) is 2. The Labute approximate surface area is 279 Å². The highest BCUT2D eigenvalue weighted by molar-refractivity contribution is 7.90. The van der Waals surface area contributed by atoms with Gasteiger partial charge in [-0.15, -0.1) is 4.40 Å². The second-order valence-electron chi connectivity index (χ2n) is 12.8. The van der Waals surface area contributed by atoms with Gasteiger partial charge in [0.25, 0.3) is 10.0 Å². The third kappa shape index (κ3) is 10.3. The number of benzene rings is 2. The molecule has 12 heteroatoms. The summed E-state index contributed by atoms with van der Waals surface area (Å²) < 4.78 is 42.3. The smallest absolute Gasteiger partial charge is 0.410 e. The number of amides is 2. The fraction of sp³-hybridized carbons (Fsp3) is 0.543. The lowest BCUT2D eigenvalue weighted by atomic mass is 9.94. The molecule has 0 saturated heterocycles. The molecule has 1 aliphatic heterocycles. The molecular weight excluding hydrogens is 620 g/mol. The Morgan fingerprint density at radius 2 is 1.72 bits per heavy atom. The molecule has 0 spiro atoms.